The summed E-state index contributed by atoms with van der Waals surface area (Å²) in [6.07, 6.45) is 1.62. The summed E-state index contributed by atoms with van der Waals surface area (Å²) < 4.78 is 31.4. The van der Waals surface area contributed by atoms with Crippen molar-refractivity contribution in [2.24, 2.45) is 5.73 Å². The highest BCUT2D eigenvalue weighted by atomic mass is 32.2. The standard InChI is InChI=1S/C13H20N2O4S/c1-2-3-9-19-13(16)12(10-14)15-20(17,18)11-7-5-4-6-8-11/h4-8,12,15H,2-3,9-10,14H2,1H3/t12-/m0/s1. The van der Waals surface area contributed by atoms with E-state index in [9.17, 15) is 13.2 Å². The summed E-state index contributed by atoms with van der Waals surface area (Å²) in [5.41, 5.74) is 5.44. The van der Waals surface area contributed by atoms with E-state index in [1.54, 1.807) is 18.2 Å². The molecule has 6 nitrogen and oxygen atoms in total. The van der Waals surface area contributed by atoms with Crippen LogP contribution in [-0.4, -0.2) is 33.6 Å². The van der Waals surface area contributed by atoms with E-state index >= 15 is 0 Å². The Labute approximate surface area is 119 Å². The minimum atomic E-state index is -3.78. The normalized spacial score (nSPS) is 12.9. The molecule has 0 aromatic heterocycles. The molecule has 0 spiro atoms. The van der Waals surface area contributed by atoms with E-state index in [1.807, 2.05) is 6.92 Å². The van der Waals surface area contributed by atoms with Crippen molar-refractivity contribution in [3.8, 4) is 0 Å². The van der Waals surface area contributed by atoms with Crippen LogP contribution < -0.4 is 10.5 Å². The van der Waals surface area contributed by atoms with Crippen molar-refractivity contribution in [1.82, 2.24) is 4.72 Å². The zero-order chi connectivity index (χ0) is 15.0. The van der Waals surface area contributed by atoms with Crippen LogP contribution in [0.5, 0.6) is 0 Å². The van der Waals surface area contributed by atoms with Crippen LogP contribution >= 0.6 is 0 Å². The summed E-state index contributed by atoms with van der Waals surface area (Å²) in [7, 11) is -3.78. The van der Waals surface area contributed by atoms with Gasteiger partial charge in [-0.1, -0.05) is 31.5 Å². The van der Waals surface area contributed by atoms with E-state index in [-0.39, 0.29) is 18.0 Å². The van der Waals surface area contributed by atoms with Gasteiger partial charge in [-0.25, -0.2) is 8.42 Å². The summed E-state index contributed by atoms with van der Waals surface area (Å²) >= 11 is 0. The summed E-state index contributed by atoms with van der Waals surface area (Å²) in [5, 5.41) is 0. The Bertz CT molecular complexity index is 516. The predicted octanol–water partition coefficient (Wildman–Crippen LogP) is 0.636. The largest absolute Gasteiger partial charge is 0.464 e. The Morgan fingerprint density at radius 3 is 2.55 bits per heavy atom. The number of hydrogen-bond acceptors (Lipinski definition) is 5. The minimum Gasteiger partial charge on any atom is -0.464 e. The van der Waals surface area contributed by atoms with E-state index in [0.717, 1.165) is 12.8 Å². The van der Waals surface area contributed by atoms with E-state index in [4.69, 9.17) is 10.5 Å². The fraction of sp³-hybridized carbons (Fsp3) is 0.462. The van der Waals surface area contributed by atoms with Crippen molar-refractivity contribution in [1.29, 1.82) is 0 Å². The summed E-state index contributed by atoms with van der Waals surface area (Å²) in [6, 6.07) is 6.73. The second kappa shape index (κ2) is 7.98. The molecular weight excluding hydrogens is 280 g/mol. The van der Waals surface area contributed by atoms with Gasteiger partial charge in [-0.3, -0.25) is 4.79 Å². The molecule has 0 aliphatic rings. The number of sulfonamides is 1. The molecule has 1 rings (SSSR count). The van der Waals surface area contributed by atoms with Crippen LogP contribution in [0.15, 0.2) is 35.2 Å². The van der Waals surface area contributed by atoms with Gasteiger partial charge in [-0.05, 0) is 18.6 Å². The molecule has 0 fully saturated rings. The van der Waals surface area contributed by atoms with Gasteiger partial charge in [0, 0.05) is 6.54 Å². The lowest BCUT2D eigenvalue weighted by molar-refractivity contribution is -0.145. The quantitative estimate of drug-likeness (QED) is 0.542. The van der Waals surface area contributed by atoms with Crippen molar-refractivity contribution in [2.75, 3.05) is 13.2 Å². The molecule has 3 N–H and O–H groups in total. The third-order valence-electron chi connectivity index (χ3n) is 2.61. The first-order valence-electron chi connectivity index (χ1n) is 6.45. The first kappa shape index (κ1) is 16.6. The molecule has 1 atom stereocenters. The Hall–Kier alpha value is -1.44. The van der Waals surface area contributed by atoms with Crippen LogP contribution in [0.25, 0.3) is 0 Å². The zero-order valence-corrected chi connectivity index (χ0v) is 12.2. The van der Waals surface area contributed by atoms with Crippen molar-refractivity contribution in [2.45, 2.75) is 30.7 Å². The molecular formula is C13H20N2O4S. The van der Waals surface area contributed by atoms with Crippen LogP contribution in [0.4, 0.5) is 0 Å². The molecule has 20 heavy (non-hydrogen) atoms. The number of ether oxygens (including phenoxy) is 1. The highest BCUT2D eigenvalue weighted by molar-refractivity contribution is 7.89. The molecule has 0 heterocycles. The Morgan fingerprint density at radius 1 is 1.35 bits per heavy atom. The van der Waals surface area contributed by atoms with E-state index in [2.05, 4.69) is 4.72 Å². The van der Waals surface area contributed by atoms with Crippen LogP contribution in [-0.2, 0) is 19.6 Å². The van der Waals surface area contributed by atoms with E-state index in [0.29, 0.717) is 0 Å². The van der Waals surface area contributed by atoms with Gasteiger partial charge in [-0.2, -0.15) is 4.72 Å². The molecule has 0 saturated carbocycles. The highest BCUT2D eigenvalue weighted by Crippen LogP contribution is 2.08. The average Bonchev–Trinajstić information content (AvgIpc) is 2.46. The zero-order valence-electron chi connectivity index (χ0n) is 11.4. The molecule has 7 heteroatoms. The predicted molar refractivity (Wildman–Crippen MR) is 75.5 cm³/mol. The summed E-state index contributed by atoms with van der Waals surface area (Å²) in [5.74, 6) is -0.652. The van der Waals surface area contributed by atoms with Crippen molar-refractivity contribution in [3.63, 3.8) is 0 Å². The number of rotatable bonds is 8. The number of nitrogens with two attached hydrogens (primary N) is 1. The smallest absolute Gasteiger partial charge is 0.325 e. The molecule has 0 aliphatic heterocycles. The SMILES string of the molecule is CCCCOC(=O)[C@H](CN)NS(=O)(=O)c1ccccc1. The lowest BCUT2D eigenvalue weighted by Gasteiger charge is -2.16. The Kier molecular flexibility index (Phi) is 6.63. The van der Waals surface area contributed by atoms with Gasteiger partial charge in [0.15, 0.2) is 0 Å². The van der Waals surface area contributed by atoms with Crippen LogP contribution in [0.1, 0.15) is 19.8 Å². The number of hydrogen-bond donors (Lipinski definition) is 2. The average molecular weight is 300 g/mol. The third-order valence-corrected chi connectivity index (χ3v) is 4.10. The van der Waals surface area contributed by atoms with Gasteiger partial charge in [0.05, 0.1) is 11.5 Å². The molecule has 0 saturated heterocycles. The third kappa shape index (κ3) is 4.92. The Morgan fingerprint density at radius 2 is 2.00 bits per heavy atom. The van der Waals surface area contributed by atoms with Crippen LogP contribution in [0.2, 0.25) is 0 Å². The second-order valence-corrected chi connectivity index (χ2v) is 5.96. The van der Waals surface area contributed by atoms with Crippen LogP contribution in [0.3, 0.4) is 0 Å². The lowest BCUT2D eigenvalue weighted by atomic mass is 10.3. The van der Waals surface area contributed by atoms with Gasteiger partial charge in [0.25, 0.3) is 0 Å². The maximum absolute atomic E-state index is 12.1. The molecule has 0 amide bonds. The molecule has 0 bridgehead atoms. The number of benzene rings is 1. The maximum Gasteiger partial charge on any atom is 0.325 e. The highest BCUT2D eigenvalue weighted by Gasteiger charge is 2.25. The number of carbonyl (C=O) groups is 1. The van der Waals surface area contributed by atoms with Gasteiger partial charge >= 0.3 is 5.97 Å². The van der Waals surface area contributed by atoms with E-state index in [1.165, 1.54) is 12.1 Å². The van der Waals surface area contributed by atoms with Gasteiger partial charge in [0.1, 0.15) is 6.04 Å². The van der Waals surface area contributed by atoms with Crippen molar-refractivity contribution >= 4 is 16.0 Å². The van der Waals surface area contributed by atoms with Gasteiger partial charge in [0.2, 0.25) is 10.0 Å². The molecule has 0 radical (unpaired) electrons. The molecule has 0 unspecified atom stereocenters. The monoisotopic (exact) mass is 300 g/mol. The maximum atomic E-state index is 12.1. The van der Waals surface area contributed by atoms with E-state index < -0.39 is 22.0 Å². The molecule has 1 aromatic carbocycles. The fourth-order valence-electron chi connectivity index (χ4n) is 1.47. The first-order valence-corrected chi connectivity index (χ1v) is 7.93. The summed E-state index contributed by atoms with van der Waals surface area (Å²) in [6.45, 7) is 2.07. The van der Waals surface area contributed by atoms with Crippen molar-refractivity contribution < 1.29 is 17.9 Å². The molecule has 1 aromatic rings. The topological polar surface area (TPSA) is 98.5 Å². The number of esters is 1. The number of nitrogens with one attached hydrogen (secondary N) is 1. The number of carbonyl (C=O) groups excluding carboxylic acids is 1. The summed E-state index contributed by atoms with van der Waals surface area (Å²) in [4.78, 5) is 11.8. The van der Waals surface area contributed by atoms with Crippen molar-refractivity contribution in [3.05, 3.63) is 30.3 Å². The minimum absolute atomic E-state index is 0.0832. The van der Waals surface area contributed by atoms with Crippen LogP contribution in [0, 0.1) is 0 Å². The fourth-order valence-corrected chi connectivity index (χ4v) is 2.68. The second-order valence-electron chi connectivity index (χ2n) is 4.24. The number of unbranched alkanes of at least 4 members (excludes halogenated alkanes) is 1. The first-order chi connectivity index (χ1) is 9.51. The molecule has 0 aliphatic carbocycles. The Balaban J connectivity index is 2.70. The lowest BCUT2D eigenvalue weighted by Crippen LogP contribution is -2.46. The van der Waals surface area contributed by atoms with Gasteiger partial charge in [-0.15, -0.1) is 0 Å². The molecule has 112 valence electrons. The van der Waals surface area contributed by atoms with Gasteiger partial charge < -0.3 is 10.5 Å².